The van der Waals surface area contributed by atoms with E-state index < -0.39 is 0 Å². The zero-order valence-electron chi connectivity index (χ0n) is 18.7. The zero-order chi connectivity index (χ0) is 23.3. The van der Waals surface area contributed by atoms with E-state index in [0.29, 0.717) is 29.8 Å². The number of fused-ring (bicyclic) bond motifs is 2. The summed E-state index contributed by atoms with van der Waals surface area (Å²) in [5, 5.41) is 18.9. The highest BCUT2D eigenvalue weighted by atomic mass is 19.1. The van der Waals surface area contributed by atoms with Crippen LogP contribution in [0.25, 0.3) is 22.0 Å². The maximum Gasteiger partial charge on any atom is 0.224 e. The molecule has 0 fully saturated rings. The largest absolute Gasteiger partial charge is 0.394 e. The molecule has 3 heterocycles. The average molecular weight is 449 g/mol. The summed E-state index contributed by atoms with van der Waals surface area (Å²) in [6.45, 7) is 4.50. The molecule has 1 N–H and O–H groups in total. The monoisotopic (exact) mass is 448 g/mol. The van der Waals surface area contributed by atoms with E-state index in [1.165, 1.54) is 6.07 Å². The Labute approximate surface area is 190 Å². The van der Waals surface area contributed by atoms with Gasteiger partial charge in [-0.25, -0.2) is 4.39 Å². The summed E-state index contributed by atoms with van der Waals surface area (Å²) in [5.41, 5.74) is 3.86. The van der Waals surface area contributed by atoms with Crippen LogP contribution >= 0.6 is 0 Å². The van der Waals surface area contributed by atoms with Crippen molar-refractivity contribution >= 4 is 34.0 Å². The van der Waals surface area contributed by atoms with Gasteiger partial charge in [-0.05, 0) is 36.8 Å². The number of aryl methyl sites for hydroxylation is 1. The fraction of sp³-hybridized carbons (Fsp3) is 0.292. The van der Waals surface area contributed by atoms with E-state index in [2.05, 4.69) is 15.1 Å². The summed E-state index contributed by atoms with van der Waals surface area (Å²) in [7, 11) is 1.73. The van der Waals surface area contributed by atoms with Crippen molar-refractivity contribution in [2.24, 2.45) is 7.05 Å². The van der Waals surface area contributed by atoms with E-state index in [9.17, 15) is 14.3 Å². The third kappa shape index (κ3) is 3.45. The average Bonchev–Trinajstić information content (AvgIpc) is 3.38. The number of aromatic nitrogens is 4. The van der Waals surface area contributed by atoms with Gasteiger partial charge in [0.2, 0.25) is 5.91 Å². The van der Waals surface area contributed by atoms with Crippen LogP contribution < -0.4 is 9.80 Å². The Hall–Kier alpha value is -3.72. The zero-order valence-corrected chi connectivity index (χ0v) is 18.7. The van der Waals surface area contributed by atoms with Crippen LogP contribution in [-0.4, -0.2) is 49.8 Å². The second-order valence-electron chi connectivity index (χ2n) is 8.35. The van der Waals surface area contributed by atoms with Crippen LogP contribution in [0.1, 0.15) is 13.8 Å². The van der Waals surface area contributed by atoms with Crippen LogP contribution in [0.4, 0.5) is 21.6 Å². The van der Waals surface area contributed by atoms with Gasteiger partial charge in [-0.2, -0.15) is 10.2 Å². The molecule has 1 aliphatic rings. The van der Waals surface area contributed by atoms with Gasteiger partial charge >= 0.3 is 0 Å². The highest BCUT2D eigenvalue weighted by Crippen LogP contribution is 2.43. The van der Waals surface area contributed by atoms with E-state index in [1.807, 2.05) is 37.4 Å². The first kappa shape index (κ1) is 21.1. The third-order valence-corrected chi connectivity index (χ3v) is 6.10. The van der Waals surface area contributed by atoms with Crippen LogP contribution in [0.3, 0.4) is 0 Å². The minimum absolute atomic E-state index is 0.00779. The number of hydrogen-bond acceptors (Lipinski definition) is 5. The molecule has 2 aromatic heterocycles. The predicted molar refractivity (Wildman–Crippen MR) is 125 cm³/mol. The third-order valence-electron chi connectivity index (χ3n) is 6.10. The highest BCUT2D eigenvalue weighted by Gasteiger charge is 2.33. The Morgan fingerprint density at radius 3 is 2.79 bits per heavy atom. The lowest BCUT2D eigenvalue weighted by Crippen LogP contribution is -2.48. The van der Waals surface area contributed by atoms with Gasteiger partial charge in [-0.3, -0.25) is 14.2 Å². The Bertz CT molecular complexity index is 1360. The van der Waals surface area contributed by atoms with Gasteiger partial charge in [0.25, 0.3) is 0 Å². The molecule has 9 heteroatoms. The number of carbonyl (C=O) groups is 1. The van der Waals surface area contributed by atoms with Crippen molar-refractivity contribution in [2.75, 3.05) is 23.0 Å². The van der Waals surface area contributed by atoms with Crippen LogP contribution in [0.5, 0.6) is 0 Å². The van der Waals surface area contributed by atoms with E-state index >= 15 is 0 Å². The summed E-state index contributed by atoms with van der Waals surface area (Å²) >= 11 is 0. The number of nitrogens with zero attached hydrogens (tertiary/aromatic N) is 6. The van der Waals surface area contributed by atoms with Crippen LogP contribution in [0.2, 0.25) is 0 Å². The number of rotatable bonds is 4. The Kier molecular flexibility index (Phi) is 5.13. The number of aliphatic hydroxyl groups excluding tert-OH is 1. The Morgan fingerprint density at radius 1 is 1.21 bits per heavy atom. The molecular weight excluding hydrogens is 423 g/mol. The molecule has 1 aliphatic heterocycles. The smallest absolute Gasteiger partial charge is 0.224 e. The first-order valence-electron chi connectivity index (χ1n) is 10.9. The van der Waals surface area contributed by atoms with Crippen LogP contribution in [0.15, 0.2) is 48.8 Å². The number of para-hydroxylation sites is 1. The molecule has 4 aromatic rings. The maximum atomic E-state index is 14.6. The number of carbonyl (C=O) groups excluding carboxylic acids is 1. The van der Waals surface area contributed by atoms with Crippen molar-refractivity contribution in [2.45, 2.75) is 26.4 Å². The van der Waals surface area contributed by atoms with Crippen molar-refractivity contribution in [3.63, 3.8) is 0 Å². The van der Waals surface area contributed by atoms with E-state index in [4.69, 9.17) is 0 Å². The number of aliphatic hydroxyl groups is 1. The van der Waals surface area contributed by atoms with Gasteiger partial charge in [0.05, 0.1) is 36.8 Å². The number of benzene rings is 2. The van der Waals surface area contributed by atoms with Gasteiger partial charge in [0.15, 0.2) is 5.82 Å². The molecule has 1 unspecified atom stereocenters. The molecule has 0 bridgehead atoms. The van der Waals surface area contributed by atoms with Gasteiger partial charge < -0.3 is 14.9 Å². The van der Waals surface area contributed by atoms with Gasteiger partial charge in [-0.15, -0.1) is 0 Å². The number of anilines is 3. The fourth-order valence-corrected chi connectivity index (χ4v) is 4.69. The van der Waals surface area contributed by atoms with E-state index in [-0.39, 0.29) is 24.4 Å². The Balaban J connectivity index is 1.69. The van der Waals surface area contributed by atoms with E-state index in [0.717, 1.165) is 22.5 Å². The topological polar surface area (TPSA) is 79.4 Å². The van der Waals surface area contributed by atoms with Crippen molar-refractivity contribution in [1.82, 2.24) is 19.6 Å². The molecule has 170 valence electrons. The molecule has 1 atom stereocenters. The lowest BCUT2D eigenvalue weighted by Gasteiger charge is -2.41. The minimum Gasteiger partial charge on any atom is -0.394 e. The first-order chi connectivity index (χ1) is 15.9. The van der Waals surface area contributed by atoms with Crippen molar-refractivity contribution in [3.05, 3.63) is 54.6 Å². The number of amides is 1. The lowest BCUT2D eigenvalue weighted by molar-refractivity contribution is -0.117. The summed E-state index contributed by atoms with van der Waals surface area (Å²) in [5.74, 6) is 0.287. The normalized spacial score (nSPS) is 15.8. The SMILES string of the molecule is CC(=O)N1c2ccc(-c3cnn(CCO)c3)cc2N(c2nn(C)c3c(F)cccc23)CC1C. The number of hydrogen-bond donors (Lipinski definition) is 1. The lowest BCUT2D eigenvalue weighted by atomic mass is 10.0. The first-order valence-corrected chi connectivity index (χ1v) is 10.9. The molecule has 5 rings (SSSR count). The molecule has 33 heavy (non-hydrogen) atoms. The molecule has 0 aliphatic carbocycles. The predicted octanol–water partition coefficient (Wildman–Crippen LogP) is 3.46. The van der Waals surface area contributed by atoms with Crippen molar-refractivity contribution in [3.8, 4) is 11.1 Å². The summed E-state index contributed by atoms with van der Waals surface area (Å²) < 4.78 is 17.8. The van der Waals surface area contributed by atoms with Crippen LogP contribution in [-0.2, 0) is 18.4 Å². The minimum atomic E-state index is -0.325. The standard InChI is InChI=1S/C24H25FN6O2/c1-15-13-30(24-19-5-4-6-20(25)23(19)28(3)27-24)22-11-17(7-8-21(22)31(15)16(2)33)18-12-26-29(14-18)9-10-32/h4-8,11-12,14-15,32H,9-10,13H2,1-3H3. The molecule has 0 spiro atoms. The van der Waals surface area contributed by atoms with Crippen molar-refractivity contribution < 1.29 is 14.3 Å². The molecule has 2 aromatic carbocycles. The summed E-state index contributed by atoms with van der Waals surface area (Å²) in [6, 6.07) is 10.8. The molecule has 1 amide bonds. The fourth-order valence-electron chi connectivity index (χ4n) is 4.69. The quantitative estimate of drug-likeness (QED) is 0.517. The molecule has 8 nitrogen and oxygen atoms in total. The van der Waals surface area contributed by atoms with Gasteiger partial charge in [0.1, 0.15) is 11.3 Å². The second-order valence-corrected chi connectivity index (χ2v) is 8.35. The maximum absolute atomic E-state index is 14.6. The van der Waals surface area contributed by atoms with Crippen molar-refractivity contribution in [1.29, 1.82) is 0 Å². The van der Waals surface area contributed by atoms with Gasteiger partial charge in [0, 0.05) is 37.7 Å². The number of halogens is 1. The highest BCUT2D eigenvalue weighted by molar-refractivity contribution is 6.01. The summed E-state index contributed by atoms with van der Waals surface area (Å²) in [6.07, 6.45) is 3.63. The summed E-state index contributed by atoms with van der Waals surface area (Å²) in [4.78, 5) is 16.4. The second kappa shape index (κ2) is 8.00. The molecule has 0 radical (unpaired) electrons. The molecule has 0 saturated carbocycles. The Morgan fingerprint density at radius 2 is 2.03 bits per heavy atom. The van der Waals surface area contributed by atoms with Gasteiger partial charge in [-0.1, -0.05) is 12.1 Å². The molecular formula is C24H25FN6O2. The molecule has 0 saturated heterocycles. The van der Waals surface area contributed by atoms with Crippen LogP contribution in [0, 0.1) is 5.82 Å². The van der Waals surface area contributed by atoms with E-state index in [1.54, 1.807) is 40.5 Å².